The predicted molar refractivity (Wildman–Crippen MR) is 116 cm³/mol. The molecule has 0 atom stereocenters. The number of carbonyl (C=O) groups excluding carboxylic acids is 1. The lowest BCUT2D eigenvalue weighted by Crippen LogP contribution is -2.32. The number of hydrogen-bond donors (Lipinski definition) is 1. The molecule has 4 heterocycles. The standard InChI is InChI=1S/C23H21FN6O/c1-15-5-4-6-20(26-15)16-12-25-22-28-21(14-30(22)13-16)18-11-17(7-8-19(18)24)27-23(31)29-9-2-3-10-29/h4-8,11-14H,2-3,9-10H2,1H3,(H,27,31). The smallest absolute Gasteiger partial charge is 0.321 e. The Bertz CT molecular complexity index is 1280. The van der Waals surface area contributed by atoms with E-state index >= 15 is 0 Å². The predicted octanol–water partition coefficient (Wildman–Crippen LogP) is 4.53. The number of nitrogens with zero attached hydrogens (tertiary/aromatic N) is 5. The van der Waals surface area contributed by atoms with Crippen LogP contribution in [0, 0.1) is 12.7 Å². The van der Waals surface area contributed by atoms with Gasteiger partial charge in [-0.1, -0.05) is 6.07 Å². The van der Waals surface area contributed by atoms with Gasteiger partial charge in [0.1, 0.15) is 5.82 Å². The normalized spacial score (nSPS) is 13.7. The van der Waals surface area contributed by atoms with Crippen molar-refractivity contribution in [3.8, 4) is 22.5 Å². The minimum Gasteiger partial charge on any atom is -0.325 e. The van der Waals surface area contributed by atoms with Crippen molar-refractivity contribution >= 4 is 17.5 Å². The summed E-state index contributed by atoms with van der Waals surface area (Å²) >= 11 is 0. The first-order chi connectivity index (χ1) is 15.1. The number of aromatic nitrogens is 4. The largest absolute Gasteiger partial charge is 0.325 e. The van der Waals surface area contributed by atoms with E-state index in [0.29, 0.717) is 22.7 Å². The Labute approximate surface area is 178 Å². The lowest BCUT2D eigenvalue weighted by Gasteiger charge is -2.16. The molecule has 4 aromatic rings. The first-order valence-electron chi connectivity index (χ1n) is 10.2. The molecule has 2 amide bonds. The molecular formula is C23H21FN6O. The number of fused-ring (bicyclic) bond motifs is 1. The Morgan fingerprint density at radius 1 is 1.06 bits per heavy atom. The summed E-state index contributed by atoms with van der Waals surface area (Å²) in [6.45, 7) is 3.43. The number of anilines is 1. The van der Waals surface area contributed by atoms with Crippen molar-refractivity contribution in [1.82, 2.24) is 24.3 Å². The molecule has 0 spiro atoms. The Hall–Kier alpha value is -3.81. The van der Waals surface area contributed by atoms with Gasteiger partial charge in [-0.2, -0.15) is 0 Å². The molecule has 0 radical (unpaired) electrons. The van der Waals surface area contributed by atoms with Gasteiger partial charge in [-0.25, -0.2) is 19.2 Å². The average Bonchev–Trinajstić information content (AvgIpc) is 3.44. The van der Waals surface area contributed by atoms with Gasteiger partial charge < -0.3 is 10.2 Å². The summed E-state index contributed by atoms with van der Waals surface area (Å²) in [5, 5.41) is 2.85. The number of amides is 2. The molecule has 0 aliphatic carbocycles. The number of rotatable bonds is 3. The van der Waals surface area contributed by atoms with Crippen LogP contribution < -0.4 is 5.32 Å². The summed E-state index contributed by atoms with van der Waals surface area (Å²) in [5.41, 5.74) is 3.84. The molecule has 3 aromatic heterocycles. The summed E-state index contributed by atoms with van der Waals surface area (Å²) < 4.78 is 16.4. The van der Waals surface area contributed by atoms with E-state index in [2.05, 4.69) is 20.3 Å². The third-order valence-corrected chi connectivity index (χ3v) is 5.38. The SMILES string of the molecule is Cc1cccc(-c2cnc3nc(-c4cc(NC(=O)N5CCCC5)ccc4F)cn3c2)n1. The molecule has 0 bridgehead atoms. The minimum absolute atomic E-state index is 0.165. The van der Waals surface area contributed by atoms with Crippen LogP contribution in [0.4, 0.5) is 14.9 Å². The first-order valence-corrected chi connectivity index (χ1v) is 10.2. The van der Waals surface area contributed by atoms with E-state index in [-0.39, 0.29) is 6.03 Å². The maximum absolute atomic E-state index is 14.6. The topological polar surface area (TPSA) is 75.4 Å². The van der Waals surface area contributed by atoms with Crippen molar-refractivity contribution in [2.45, 2.75) is 19.8 Å². The lowest BCUT2D eigenvalue weighted by atomic mass is 10.1. The highest BCUT2D eigenvalue weighted by Crippen LogP contribution is 2.27. The molecule has 7 nitrogen and oxygen atoms in total. The van der Waals surface area contributed by atoms with Gasteiger partial charge in [0.15, 0.2) is 0 Å². The molecular weight excluding hydrogens is 395 g/mol. The highest BCUT2D eigenvalue weighted by atomic mass is 19.1. The number of imidazole rings is 1. The molecule has 1 aromatic carbocycles. The van der Waals surface area contributed by atoms with Crippen molar-refractivity contribution in [2.75, 3.05) is 18.4 Å². The van der Waals surface area contributed by atoms with Crippen molar-refractivity contribution in [2.24, 2.45) is 0 Å². The number of urea groups is 1. The van der Waals surface area contributed by atoms with Gasteiger partial charge in [0.05, 0.1) is 11.4 Å². The van der Waals surface area contributed by atoms with Gasteiger partial charge in [-0.15, -0.1) is 0 Å². The monoisotopic (exact) mass is 416 g/mol. The summed E-state index contributed by atoms with van der Waals surface area (Å²) in [6.07, 6.45) is 7.33. The van der Waals surface area contributed by atoms with E-state index in [9.17, 15) is 9.18 Å². The minimum atomic E-state index is -0.414. The number of likely N-dealkylation sites (tertiary alicyclic amines) is 1. The van der Waals surface area contributed by atoms with Gasteiger partial charge >= 0.3 is 6.03 Å². The molecule has 0 saturated carbocycles. The molecule has 156 valence electrons. The van der Waals surface area contributed by atoms with Gasteiger partial charge in [0.25, 0.3) is 0 Å². The fourth-order valence-electron chi connectivity index (χ4n) is 3.77. The van der Waals surface area contributed by atoms with Crippen LogP contribution in [0.3, 0.4) is 0 Å². The second-order valence-corrected chi connectivity index (χ2v) is 7.66. The van der Waals surface area contributed by atoms with Gasteiger partial charge in [-0.3, -0.25) is 9.38 Å². The fourth-order valence-corrected chi connectivity index (χ4v) is 3.77. The van der Waals surface area contributed by atoms with Gasteiger partial charge in [-0.05, 0) is 50.1 Å². The molecule has 8 heteroatoms. The molecule has 0 unspecified atom stereocenters. The van der Waals surface area contributed by atoms with Crippen LogP contribution >= 0.6 is 0 Å². The van der Waals surface area contributed by atoms with E-state index in [1.165, 1.54) is 6.07 Å². The summed E-state index contributed by atoms with van der Waals surface area (Å²) in [4.78, 5) is 27.5. The lowest BCUT2D eigenvalue weighted by molar-refractivity contribution is 0.222. The third-order valence-electron chi connectivity index (χ3n) is 5.38. The summed E-state index contributed by atoms with van der Waals surface area (Å²) in [7, 11) is 0. The summed E-state index contributed by atoms with van der Waals surface area (Å²) in [5.74, 6) is 0.0421. The number of halogens is 1. The van der Waals surface area contributed by atoms with E-state index in [1.54, 1.807) is 33.8 Å². The Morgan fingerprint density at radius 3 is 2.71 bits per heavy atom. The van der Waals surface area contributed by atoms with E-state index in [1.807, 2.05) is 31.3 Å². The van der Waals surface area contributed by atoms with Gasteiger partial charge in [0.2, 0.25) is 5.78 Å². The zero-order valence-corrected chi connectivity index (χ0v) is 17.0. The second kappa shape index (κ2) is 7.79. The van der Waals surface area contributed by atoms with Crippen LogP contribution in [-0.4, -0.2) is 43.4 Å². The number of hydrogen-bond acceptors (Lipinski definition) is 4. The van der Waals surface area contributed by atoms with E-state index < -0.39 is 5.82 Å². The molecule has 31 heavy (non-hydrogen) atoms. The molecule has 1 N–H and O–H groups in total. The average molecular weight is 416 g/mol. The van der Waals surface area contributed by atoms with Crippen molar-refractivity contribution in [1.29, 1.82) is 0 Å². The maximum atomic E-state index is 14.6. The number of benzene rings is 1. The van der Waals surface area contributed by atoms with Gasteiger partial charge in [0, 0.05) is 54.2 Å². The van der Waals surface area contributed by atoms with Crippen molar-refractivity contribution in [3.05, 3.63) is 66.5 Å². The molecule has 1 aliphatic rings. The third kappa shape index (κ3) is 3.84. The van der Waals surface area contributed by atoms with Crippen LogP contribution in [0.1, 0.15) is 18.5 Å². The number of nitrogens with one attached hydrogen (secondary N) is 1. The Morgan fingerprint density at radius 2 is 1.90 bits per heavy atom. The highest BCUT2D eigenvalue weighted by Gasteiger charge is 2.19. The van der Waals surface area contributed by atoms with Crippen LogP contribution in [0.25, 0.3) is 28.3 Å². The number of carbonyl (C=O) groups is 1. The summed E-state index contributed by atoms with van der Waals surface area (Å²) in [6, 6.07) is 10.1. The molecule has 1 saturated heterocycles. The maximum Gasteiger partial charge on any atom is 0.321 e. The Balaban J connectivity index is 1.46. The zero-order valence-electron chi connectivity index (χ0n) is 17.0. The van der Waals surface area contributed by atoms with Crippen molar-refractivity contribution in [3.63, 3.8) is 0 Å². The molecule has 1 aliphatic heterocycles. The van der Waals surface area contributed by atoms with Crippen molar-refractivity contribution < 1.29 is 9.18 Å². The number of aryl methyl sites for hydroxylation is 1. The zero-order chi connectivity index (χ0) is 21.4. The van der Waals surface area contributed by atoms with Crippen LogP contribution in [0.2, 0.25) is 0 Å². The van der Waals surface area contributed by atoms with Crippen LogP contribution in [-0.2, 0) is 0 Å². The highest BCUT2D eigenvalue weighted by molar-refractivity contribution is 5.90. The van der Waals surface area contributed by atoms with E-state index in [0.717, 1.165) is 42.9 Å². The Kier molecular flexibility index (Phi) is 4.82. The molecule has 1 fully saturated rings. The van der Waals surface area contributed by atoms with Crippen LogP contribution in [0.5, 0.6) is 0 Å². The fraction of sp³-hybridized carbons (Fsp3) is 0.217. The first kappa shape index (κ1) is 19.2. The number of pyridine rings is 1. The van der Waals surface area contributed by atoms with E-state index in [4.69, 9.17) is 0 Å². The quantitative estimate of drug-likeness (QED) is 0.532. The molecule has 5 rings (SSSR count). The van der Waals surface area contributed by atoms with Crippen LogP contribution in [0.15, 0.2) is 55.0 Å². The second-order valence-electron chi connectivity index (χ2n) is 7.66.